The Labute approximate surface area is 153 Å². The van der Waals surface area contributed by atoms with E-state index in [-0.39, 0.29) is 17.9 Å². The van der Waals surface area contributed by atoms with Gasteiger partial charge >= 0.3 is 6.03 Å². The fourth-order valence-corrected chi connectivity index (χ4v) is 2.93. The van der Waals surface area contributed by atoms with Gasteiger partial charge in [-0.05, 0) is 25.0 Å². The summed E-state index contributed by atoms with van der Waals surface area (Å²) < 4.78 is 11.3. The molecule has 0 unspecified atom stereocenters. The molecule has 7 nitrogen and oxygen atoms in total. The van der Waals surface area contributed by atoms with Crippen molar-refractivity contribution < 1.29 is 13.9 Å². The zero-order valence-electron chi connectivity index (χ0n) is 15.4. The third-order valence-electron chi connectivity index (χ3n) is 4.47. The smallest absolute Gasteiger partial charge is 0.317 e. The van der Waals surface area contributed by atoms with E-state index in [1.54, 1.807) is 0 Å². The van der Waals surface area contributed by atoms with Crippen LogP contribution in [0.1, 0.15) is 50.3 Å². The summed E-state index contributed by atoms with van der Waals surface area (Å²) in [6.07, 6.45) is 1.68. The van der Waals surface area contributed by atoms with E-state index < -0.39 is 0 Å². The van der Waals surface area contributed by atoms with Gasteiger partial charge in [-0.3, -0.25) is 0 Å². The largest absolute Gasteiger partial charge is 0.492 e. The van der Waals surface area contributed by atoms with Crippen LogP contribution in [0.3, 0.4) is 0 Å². The molecule has 0 bridgehead atoms. The summed E-state index contributed by atoms with van der Waals surface area (Å²) in [5.74, 6) is 2.66. The number of nitrogens with one attached hydrogen (secondary N) is 1. The summed E-state index contributed by atoms with van der Waals surface area (Å²) in [6.45, 7) is 6.38. The molecule has 0 aliphatic carbocycles. The van der Waals surface area contributed by atoms with Crippen LogP contribution < -0.4 is 10.1 Å². The fourth-order valence-electron chi connectivity index (χ4n) is 2.93. The number of carbonyl (C=O) groups is 1. The number of nitrogens with zero attached hydrogens (tertiary/aromatic N) is 3. The molecule has 26 heavy (non-hydrogen) atoms. The predicted molar refractivity (Wildman–Crippen MR) is 97.3 cm³/mol. The highest BCUT2D eigenvalue weighted by Crippen LogP contribution is 2.28. The molecule has 2 heterocycles. The van der Waals surface area contributed by atoms with Crippen molar-refractivity contribution in [2.75, 3.05) is 26.2 Å². The summed E-state index contributed by atoms with van der Waals surface area (Å²) in [5, 5.41) is 11.2. The van der Waals surface area contributed by atoms with E-state index in [9.17, 15) is 4.79 Å². The number of likely N-dealkylation sites (tertiary alicyclic amines) is 1. The lowest BCUT2D eigenvalue weighted by molar-refractivity contribution is 0.174. The number of para-hydroxylation sites is 1. The van der Waals surface area contributed by atoms with E-state index in [1.807, 2.05) is 49.1 Å². The molecule has 1 aliphatic heterocycles. The molecule has 0 atom stereocenters. The molecular formula is C19H26N4O3. The van der Waals surface area contributed by atoms with E-state index in [1.165, 1.54) is 0 Å². The number of hydrogen-bond acceptors (Lipinski definition) is 5. The third kappa shape index (κ3) is 4.74. The number of amides is 2. The SMILES string of the molecule is CC(C)c1nnc(C2CCN(C(=O)NCCOc3ccccc3)CC2)o1. The summed E-state index contributed by atoms with van der Waals surface area (Å²) in [5.41, 5.74) is 0. The maximum atomic E-state index is 12.3. The van der Waals surface area contributed by atoms with Crippen molar-refractivity contribution in [3.8, 4) is 5.75 Å². The standard InChI is InChI=1S/C19H26N4O3/c1-14(2)17-21-22-18(26-17)15-8-11-23(12-9-15)19(24)20-10-13-25-16-6-4-3-5-7-16/h3-7,14-15H,8-13H2,1-2H3,(H,20,24). The van der Waals surface area contributed by atoms with E-state index in [0.29, 0.717) is 38.0 Å². The Balaban J connectivity index is 1.37. The number of carbonyl (C=O) groups excluding carboxylic acids is 1. The quantitative estimate of drug-likeness (QED) is 0.802. The van der Waals surface area contributed by atoms with Crippen molar-refractivity contribution in [2.45, 2.75) is 38.5 Å². The van der Waals surface area contributed by atoms with Crippen LogP contribution in [0.4, 0.5) is 4.79 Å². The predicted octanol–water partition coefficient (Wildman–Crippen LogP) is 3.16. The van der Waals surface area contributed by atoms with Gasteiger partial charge in [-0.25, -0.2) is 4.79 Å². The number of rotatable bonds is 6. The first-order valence-corrected chi connectivity index (χ1v) is 9.17. The molecule has 1 N–H and O–H groups in total. The van der Waals surface area contributed by atoms with Crippen LogP contribution in [0, 0.1) is 0 Å². The zero-order chi connectivity index (χ0) is 18.4. The molecule has 2 amide bonds. The molecule has 1 aromatic carbocycles. The van der Waals surface area contributed by atoms with Gasteiger partial charge in [-0.1, -0.05) is 32.0 Å². The van der Waals surface area contributed by atoms with Crippen LogP contribution in [-0.2, 0) is 0 Å². The first-order valence-electron chi connectivity index (χ1n) is 9.17. The lowest BCUT2D eigenvalue weighted by Crippen LogP contribution is -2.45. The van der Waals surface area contributed by atoms with E-state index in [4.69, 9.17) is 9.15 Å². The Bertz CT molecular complexity index is 694. The summed E-state index contributed by atoms with van der Waals surface area (Å²) in [6, 6.07) is 9.53. The van der Waals surface area contributed by atoms with E-state index >= 15 is 0 Å². The third-order valence-corrected chi connectivity index (χ3v) is 4.47. The van der Waals surface area contributed by atoms with Gasteiger partial charge in [-0.2, -0.15) is 0 Å². The number of piperidine rings is 1. The van der Waals surface area contributed by atoms with E-state index in [0.717, 1.165) is 18.6 Å². The average Bonchev–Trinajstić information content (AvgIpc) is 3.17. The van der Waals surface area contributed by atoms with Crippen molar-refractivity contribution in [3.05, 3.63) is 42.1 Å². The van der Waals surface area contributed by atoms with Gasteiger partial charge in [0.15, 0.2) is 0 Å². The lowest BCUT2D eigenvalue weighted by Gasteiger charge is -2.30. The topological polar surface area (TPSA) is 80.5 Å². The fraction of sp³-hybridized carbons (Fsp3) is 0.526. The molecule has 0 saturated carbocycles. The molecule has 0 spiro atoms. The first-order chi connectivity index (χ1) is 12.6. The van der Waals surface area contributed by atoms with Gasteiger partial charge in [0.2, 0.25) is 11.8 Å². The molecule has 1 aromatic heterocycles. The number of aromatic nitrogens is 2. The summed E-state index contributed by atoms with van der Waals surface area (Å²) >= 11 is 0. The van der Waals surface area contributed by atoms with Gasteiger partial charge in [-0.15, -0.1) is 10.2 Å². The Morgan fingerprint density at radius 2 is 2.00 bits per heavy atom. The van der Waals surface area contributed by atoms with Crippen LogP contribution in [0.25, 0.3) is 0 Å². The minimum absolute atomic E-state index is 0.0477. The van der Waals surface area contributed by atoms with Crippen LogP contribution in [0.5, 0.6) is 5.75 Å². The van der Waals surface area contributed by atoms with Gasteiger partial charge in [0.1, 0.15) is 12.4 Å². The molecule has 3 rings (SSSR count). The maximum Gasteiger partial charge on any atom is 0.317 e. The molecule has 1 fully saturated rings. The van der Waals surface area contributed by atoms with Crippen LogP contribution in [0.15, 0.2) is 34.7 Å². The Hall–Kier alpha value is -2.57. The van der Waals surface area contributed by atoms with Crippen molar-refractivity contribution >= 4 is 6.03 Å². The Morgan fingerprint density at radius 1 is 1.27 bits per heavy atom. The van der Waals surface area contributed by atoms with E-state index in [2.05, 4.69) is 15.5 Å². The minimum Gasteiger partial charge on any atom is -0.492 e. The Morgan fingerprint density at radius 3 is 2.65 bits per heavy atom. The molecule has 1 aliphatic rings. The highest BCUT2D eigenvalue weighted by molar-refractivity contribution is 5.74. The van der Waals surface area contributed by atoms with Crippen molar-refractivity contribution in [1.82, 2.24) is 20.4 Å². The number of ether oxygens (including phenoxy) is 1. The molecule has 1 saturated heterocycles. The van der Waals surface area contributed by atoms with Crippen molar-refractivity contribution in [3.63, 3.8) is 0 Å². The number of benzene rings is 1. The highest BCUT2D eigenvalue weighted by atomic mass is 16.5. The van der Waals surface area contributed by atoms with Crippen molar-refractivity contribution in [1.29, 1.82) is 0 Å². The molecule has 140 valence electrons. The zero-order valence-corrected chi connectivity index (χ0v) is 15.4. The second-order valence-electron chi connectivity index (χ2n) is 6.79. The maximum absolute atomic E-state index is 12.3. The van der Waals surface area contributed by atoms with Gasteiger partial charge in [0.25, 0.3) is 0 Å². The summed E-state index contributed by atoms with van der Waals surface area (Å²) in [4.78, 5) is 14.1. The monoisotopic (exact) mass is 358 g/mol. The first kappa shape index (κ1) is 18.2. The Kier molecular flexibility index (Phi) is 6.09. The molecule has 2 aromatic rings. The second-order valence-corrected chi connectivity index (χ2v) is 6.79. The summed E-state index contributed by atoms with van der Waals surface area (Å²) in [7, 11) is 0. The second kappa shape index (κ2) is 8.69. The lowest BCUT2D eigenvalue weighted by atomic mass is 9.97. The molecular weight excluding hydrogens is 332 g/mol. The molecule has 0 radical (unpaired) electrons. The van der Waals surface area contributed by atoms with Gasteiger partial charge in [0.05, 0.1) is 6.54 Å². The van der Waals surface area contributed by atoms with Crippen LogP contribution in [0.2, 0.25) is 0 Å². The average molecular weight is 358 g/mol. The number of urea groups is 1. The van der Waals surface area contributed by atoms with Gasteiger partial charge in [0, 0.05) is 24.9 Å². The molecule has 7 heteroatoms. The van der Waals surface area contributed by atoms with Crippen LogP contribution >= 0.6 is 0 Å². The minimum atomic E-state index is -0.0477. The number of hydrogen-bond donors (Lipinski definition) is 1. The highest BCUT2D eigenvalue weighted by Gasteiger charge is 2.27. The van der Waals surface area contributed by atoms with Gasteiger partial charge < -0.3 is 19.4 Å². The van der Waals surface area contributed by atoms with Crippen LogP contribution in [-0.4, -0.2) is 47.4 Å². The van der Waals surface area contributed by atoms with Crippen molar-refractivity contribution in [2.24, 2.45) is 0 Å². The normalized spacial score (nSPS) is 15.3.